The van der Waals surface area contributed by atoms with Crippen LogP contribution in [0.5, 0.6) is 0 Å². The van der Waals surface area contributed by atoms with Gasteiger partial charge in [-0.25, -0.2) is 0 Å². The van der Waals surface area contributed by atoms with Crippen molar-refractivity contribution in [3.63, 3.8) is 0 Å². The summed E-state index contributed by atoms with van der Waals surface area (Å²) in [5.74, 6) is 0. The molecule has 0 unspecified atom stereocenters. The zero-order valence-corrected chi connectivity index (χ0v) is 9.29. The third kappa shape index (κ3) is 1.67. The minimum atomic E-state index is -1.31. The van der Waals surface area contributed by atoms with Gasteiger partial charge in [0, 0.05) is 0 Å². The first-order chi connectivity index (χ1) is 4.20. The first-order valence-corrected chi connectivity index (χ1v) is 11.3. The van der Waals surface area contributed by atoms with E-state index in [1.54, 1.807) is 4.68 Å². The SMILES string of the molecule is Cn1c[c]([SnH]([CH3])[CH3])nn1. The predicted molar refractivity (Wildman–Crippen MR) is 39.5 cm³/mol. The zero-order chi connectivity index (χ0) is 6.85. The Balaban J connectivity index is 2.85. The zero-order valence-electron chi connectivity index (χ0n) is 6.00. The molecule has 9 heavy (non-hydrogen) atoms. The van der Waals surface area contributed by atoms with Crippen LogP contribution in [-0.4, -0.2) is 34.8 Å². The number of hydrogen-bond donors (Lipinski definition) is 0. The molecule has 0 radical (unpaired) electrons. The normalized spacial score (nSPS) is 10.7. The van der Waals surface area contributed by atoms with E-state index in [9.17, 15) is 0 Å². The number of rotatable bonds is 1. The summed E-state index contributed by atoms with van der Waals surface area (Å²) in [6, 6.07) is 0. The number of nitrogens with zero attached hydrogens (tertiary/aromatic N) is 3. The molecule has 0 saturated carbocycles. The van der Waals surface area contributed by atoms with E-state index in [-0.39, 0.29) is 0 Å². The van der Waals surface area contributed by atoms with Gasteiger partial charge in [-0.3, -0.25) is 0 Å². The molecule has 1 rings (SSSR count). The van der Waals surface area contributed by atoms with Crippen molar-refractivity contribution in [1.82, 2.24) is 15.0 Å². The summed E-state index contributed by atoms with van der Waals surface area (Å²) in [5, 5.41) is 7.88. The Morgan fingerprint density at radius 2 is 2.22 bits per heavy atom. The summed E-state index contributed by atoms with van der Waals surface area (Å²) in [5.41, 5.74) is 0. The van der Waals surface area contributed by atoms with Crippen LogP contribution in [0.25, 0.3) is 0 Å². The van der Waals surface area contributed by atoms with E-state index in [0.717, 1.165) is 0 Å². The van der Waals surface area contributed by atoms with Crippen LogP contribution in [0.2, 0.25) is 9.88 Å². The summed E-state index contributed by atoms with van der Waals surface area (Å²) in [6.07, 6.45) is 2.03. The molecular weight excluding hydrogens is 221 g/mol. The Bertz CT molecular complexity index is 194. The Morgan fingerprint density at radius 1 is 1.56 bits per heavy atom. The van der Waals surface area contributed by atoms with E-state index in [0.29, 0.717) is 0 Å². The van der Waals surface area contributed by atoms with E-state index < -0.39 is 19.8 Å². The summed E-state index contributed by atoms with van der Waals surface area (Å²) < 4.78 is 3.03. The van der Waals surface area contributed by atoms with Crippen molar-refractivity contribution in [3.8, 4) is 0 Å². The molecule has 0 aliphatic rings. The van der Waals surface area contributed by atoms with Crippen LogP contribution in [0.1, 0.15) is 0 Å². The third-order valence-electron chi connectivity index (χ3n) is 1.21. The van der Waals surface area contributed by atoms with Crippen LogP contribution in [0.3, 0.4) is 0 Å². The second kappa shape index (κ2) is 2.68. The van der Waals surface area contributed by atoms with E-state index in [2.05, 4.69) is 20.2 Å². The molecule has 0 fully saturated rings. The van der Waals surface area contributed by atoms with E-state index in [1.165, 1.54) is 3.71 Å². The predicted octanol–water partition coefficient (Wildman–Crippen LogP) is -0.491. The van der Waals surface area contributed by atoms with Gasteiger partial charge in [-0.05, 0) is 0 Å². The summed E-state index contributed by atoms with van der Waals surface area (Å²) in [7, 11) is 1.91. The van der Waals surface area contributed by atoms with Gasteiger partial charge in [-0.15, -0.1) is 0 Å². The molecule has 3 nitrogen and oxygen atoms in total. The van der Waals surface area contributed by atoms with Gasteiger partial charge in [-0.2, -0.15) is 0 Å². The molecule has 0 spiro atoms. The minimum absolute atomic E-state index is 1.26. The molecule has 0 bridgehead atoms. The third-order valence-corrected chi connectivity index (χ3v) is 5.34. The van der Waals surface area contributed by atoms with Gasteiger partial charge >= 0.3 is 61.6 Å². The van der Waals surface area contributed by atoms with Crippen LogP contribution in [0, 0.1) is 0 Å². The molecule has 1 heterocycles. The van der Waals surface area contributed by atoms with E-state index in [1.807, 2.05) is 13.2 Å². The van der Waals surface area contributed by atoms with Crippen molar-refractivity contribution in [2.45, 2.75) is 9.88 Å². The van der Waals surface area contributed by atoms with Crippen LogP contribution in [0.4, 0.5) is 0 Å². The monoisotopic (exact) mass is 233 g/mol. The van der Waals surface area contributed by atoms with Crippen molar-refractivity contribution in [2.24, 2.45) is 7.05 Å². The van der Waals surface area contributed by atoms with Gasteiger partial charge < -0.3 is 0 Å². The standard InChI is InChI=1S/C3H4N3.2CH3.Sn.H/c1-6-3-2-4-5-6;;;;/h3H,1H3;2*1H3;;. The van der Waals surface area contributed by atoms with Crippen molar-refractivity contribution in [1.29, 1.82) is 0 Å². The fraction of sp³-hybridized carbons (Fsp3) is 0.600. The number of aromatic nitrogens is 3. The van der Waals surface area contributed by atoms with Gasteiger partial charge in [-0.1, -0.05) is 0 Å². The number of hydrogen-bond acceptors (Lipinski definition) is 2. The van der Waals surface area contributed by atoms with Gasteiger partial charge in [0.25, 0.3) is 0 Å². The van der Waals surface area contributed by atoms with Gasteiger partial charge in [0.1, 0.15) is 0 Å². The molecule has 0 amide bonds. The van der Waals surface area contributed by atoms with Crippen LogP contribution >= 0.6 is 0 Å². The Labute approximate surface area is 61.8 Å². The summed E-state index contributed by atoms with van der Waals surface area (Å²) >= 11 is -1.31. The molecule has 0 aliphatic carbocycles. The van der Waals surface area contributed by atoms with Crippen LogP contribution in [0.15, 0.2) is 6.20 Å². The first kappa shape index (κ1) is 7.05. The van der Waals surface area contributed by atoms with Gasteiger partial charge in [0.05, 0.1) is 0 Å². The van der Waals surface area contributed by atoms with Crippen molar-refractivity contribution in [2.75, 3.05) is 0 Å². The van der Waals surface area contributed by atoms with E-state index in [4.69, 9.17) is 0 Å². The van der Waals surface area contributed by atoms with Crippen LogP contribution in [-0.2, 0) is 7.05 Å². The average Bonchev–Trinajstić information content (AvgIpc) is 2.14. The molecule has 0 N–H and O–H groups in total. The Morgan fingerprint density at radius 3 is 2.44 bits per heavy atom. The van der Waals surface area contributed by atoms with Gasteiger partial charge in [0.15, 0.2) is 0 Å². The molecule has 1 aromatic rings. The fourth-order valence-corrected chi connectivity index (χ4v) is 2.90. The topological polar surface area (TPSA) is 30.7 Å². The molecule has 0 aliphatic heterocycles. The van der Waals surface area contributed by atoms with Gasteiger partial charge in [0.2, 0.25) is 0 Å². The maximum atomic E-state index is 4.02. The molecule has 50 valence electrons. The molecule has 0 atom stereocenters. The molecular formula is C5H11N3Sn. The Kier molecular flexibility index (Phi) is 2.10. The average molecular weight is 232 g/mol. The Hall–Kier alpha value is -0.0613. The van der Waals surface area contributed by atoms with E-state index >= 15 is 0 Å². The first-order valence-electron chi connectivity index (χ1n) is 3.06. The molecule has 0 saturated heterocycles. The van der Waals surface area contributed by atoms with Crippen molar-refractivity contribution in [3.05, 3.63) is 6.20 Å². The second-order valence-electron chi connectivity index (χ2n) is 2.47. The van der Waals surface area contributed by atoms with Crippen molar-refractivity contribution < 1.29 is 0 Å². The maximum absolute atomic E-state index is 4.02. The fourth-order valence-electron chi connectivity index (χ4n) is 0.630. The van der Waals surface area contributed by atoms with Crippen LogP contribution < -0.4 is 3.71 Å². The summed E-state index contributed by atoms with van der Waals surface area (Å²) in [4.78, 5) is 4.62. The molecule has 0 aromatic carbocycles. The molecule has 4 heteroatoms. The second-order valence-corrected chi connectivity index (χ2v) is 10.8. The van der Waals surface area contributed by atoms with Crippen molar-refractivity contribution >= 4 is 23.5 Å². The summed E-state index contributed by atoms with van der Waals surface area (Å²) in [6.45, 7) is 0. The quantitative estimate of drug-likeness (QED) is 0.611. The number of aryl methyl sites for hydroxylation is 1. The molecule has 1 aromatic heterocycles.